The lowest BCUT2D eigenvalue weighted by Crippen LogP contribution is -2.04. The van der Waals surface area contributed by atoms with E-state index in [1.54, 1.807) is 18.3 Å². The van der Waals surface area contributed by atoms with Gasteiger partial charge >= 0.3 is 0 Å². The van der Waals surface area contributed by atoms with Crippen LogP contribution >= 0.6 is 11.8 Å². The van der Waals surface area contributed by atoms with E-state index < -0.39 is 0 Å². The summed E-state index contributed by atoms with van der Waals surface area (Å²) >= 11 is 1.22. The van der Waals surface area contributed by atoms with Gasteiger partial charge in [-0.1, -0.05) is 60.3 Å². The minimum atomic E-state index is 0.00952. The predicted octanol–water partition coefficient (Wildman–Crippen LogP) is 4.69. The van der Waals surface area contributed by atoms with Crippen molar-refractivity contribution < 1.29 is 9.21 Å². The van der Waals surface area contributed by atoms with Crippen molar-refractivity contribution in [2.45, 2.75) is 5.22 Å². The van der Waals surface area contributed by atoms with Crippen LogP contribution < -0.4 is 0 Å². The largest absolute Gasteiger partial charge is 0.411 e. The molecule has 0 unspecified atom stereocenters. The topological polar surface area (TPSA) is 78.7 Å². The molecule has 0 spiro atoms. The number of ketones is 1. The highest BCUT2D eigenvalue weighted by Crippen LogP contribution is 2.30. The fourth-order valence-electron chi connectivity index (χ4n) is 3.19. The van der Waals surface area contributed by atoms with E-state index in [1.807, 2.05) is 82.3 Å². The van der Waals surface area contributed by atoms with Crippen molar-refractivity contribution in [2.75, 3.05) is 5.75 Å². The number of benzene rings is 2. The summed E-state index contributed by atoms with van der Waals surface area (Å²) in [5.41, 5.74) is 2.28. The van der Waals surface area contributed by atoms with Crippen molar-refractivity contribution in [1.29, 1.82) is 0 Å². The van der Waals surface area contributed by atoms with Crippen LogP contribution in [0, 0.1) is 0 Å². The number of hydrogen-bond donors (Lipinski definition) is 0. The Labute approximate surface area is 182 Å². The second-order valence-corrected chi connectivity index (χ2v) is 7.60. The van der Waals surface area contributed by atoms with Crippen LogP contribution in [0.5, 0.6) is 0 Å². The van der Waals surface area contributed by atoms with Crippen molar-refractivity contribution in [2.24, 2.45) is 0 Å². The third-order valence-electron chi connectivity index (χ3n) is 4.65. The molecule has 5 rings (SSSR count). The first-order chi connectivity index (χ1) is 15.3. The summed E-state index contributed by atoms with van der Waals surface area (Å²) in [6.07, 6.45) is 5.58. The standard InChI is InChI=1S/C23H17N5O2S/c29-20(17-9-3-1-4-10-17)16-31-23-26-25-21(30-23)19-15-24-28(18-11-5-2-6-12-18)22(19)27-13-7-8-14-27/h1-15H,16H2. The molecule has 0 N–H and O–H groups in total. The lowest BCUT2D eigenvalue weighted by atomic mass is 10.2. The fourth-order valence-corrected chi connectivity index (χ4v) is 3.84. The van der Waals surface area contributed by atoms with E-state index in [0.717, 1.165) is 11.5 Å². The van der Waals surface area contributed by atoms with Crippen LogP contribution in [0.25, 0.3) is 23.0 Å². The first kappa shape index (κ1) is 19.1. The average Bonchev–Trinajstić information content (AvgIpc) is 3.58. The van der Waals surface area contributed by atoms with Crippen LogP contribution in [0.2, 0.25) is 0 Å². The summed E-state index contributed by atoms with van der Waals surface area (Å²) in [5.74, 6) is 1.37. The maximum Gasteiger partial charge on any atom is 0.277 e. The van der Waals surface area contributed by atoms with Crippen LogP contribution in [0.15, 0.2) is 101 Å². The monoisotopic (exact) mass is 427 g/mol. The summed E-state index contributed by atoms with van der Waals surface area (Å²) in [4.78, 5) is 12.3. The molecule has 31 heavy (non-hydrogen) atoms. The molecule has 0 saturated heterocycles. The van der Waals surface area contributed by atoms with Crippen molar-refractivity contribution in [3.63, 3.8) is 0 Å². The highest BCUT2D eigenvalue weighted by atomic mass is 32.2. The summed E-state index contributed by atoms with van der Waals surface area (Å²) < 4.78 is 9.64. The molecule has 5 aromatic rings. The van der Waals surface area contributed by atoms with E-state index in [-0.39, 0.29) is 11.5 Å². The van der Waals surface area contributed by atoms with Crippen molar-refractivity contribution >= 4 is 17.5 Å². The van der Waals surface area contributed by atoms with E-state index >= 15 is 0 Å². The van der Waals surface area contributed by atoms with E-state index in [0.29, 0.717) is 22.2 Å². The molecule has 3 aromatic heterocycles. The van der Waals surface area contributed by atoms with Gasteiger partial charge in [0.05, 0.1) is 17.6 Å². The number of carbonyl (C=O) groups excluding carboxylic acids is 1. The molecule has 0 fully saturated rings. The maximum absolute atomic E-state index is 12.3. The van der Waals surface area contributed by atoms with Gasteiger partial charge in [0.25, 0.3) is 11.1 Å². The van der Waals surface area contributed by atoms with Crippen molar-refractivity contribution in [1.82, 2.24) is 24.5 Å². The van der Waals surface area contributed by atoms with Gasteiger partial charge in [-0.05, 0) is 24.3 Å². The lowest BCUT2D eigenvalue weighted by Gasteiger charge is -2.09. The third kappa shape index (κ3) is 3.93. The van der Waals surface area contributed by atoms with Crippen molar-refractivity contribution in [3.8, 4) is 23.0 Å². The number of para-hydroxylation sites is 1. The molecule has 3 heterocycles. The number of carbonyl (C=O) groups is 1. The number of thioether (sulfide) groups is 1. The molecule has 7 nitrogen and oxygen atoms in total. The number of nitrogens with zero attached hydrogens (tertiary/aromatic N) is 5. The summed E-state index contributed by atoms with van der Waals surface area (Å²) in [5, 5.41) is 13.2. The third-order valence-corrected chi connectivity index (χ3v) is 5.47. The zero-order chi connectivity index (χ0) is 21.0. The highest BCUT2D eigenvalue weighted by molar-refractivity contribution is 7.99. The van der Waals surface area contributed by atoms with E-state index in [2.05, 4.69) is 15.3 Å². The quantitative estimate of drug-likeness (QED) is 0.277. The Morgan fingerprint density at radius 1 is 0.903 bits per heavy atom. The van der Waals surface area contributed by atoms with Gasteiger partial charge in [0.15, 0.2) is 11.6 Å². The Balaban J connectivity index is 1.43. The smallest absolute Gasteiger partial charge is 0.277 e. The zero-order valence-electron chi connectivity index (χ0n) is 16.3. The van der Waals surface area contributed by atoms with Crippen LogP contribution in [0.3, 0.4) is 0 Å². The van der Waals surface area contributed by atoms with Crippen LogP contribution in [0.4, 0.5) is 0 Å². The molecule has 0 amide bonds. The van der Waals surface area contributed by atoms with Crippen molar-refractivity contribution in [3.05, 3.63) is 97.0 Å². The molecular weight excluding hydrogens is 410 g/mol. The summed E-state index contributed by atoms with van der Waals surface area (Å²) in [6, 6.07) is 22.9. The van der Waals surface area contributed by atoms with Gasteiger partial charge in [0.1, 0.15) is 5.56 Å². The molecule has 0 bridgehead atoms. The normalized spacial score (nSPS) is 11.0. The highest BCUT2D eigenvalue weighted by Gasteiger charge is 2.21. The van der Waals surface area contributed by atoms with Crippen LogP contribution in [-0.4, -0.2) is 36.1 Å². The number of aromatic nitrogens is 5. The minimum Gasteiger partial charge on any atom is -0.411 e. The number of hydrogen-bond acceptors (Lipinski definition) is 6. The van der Waals surface area contributed by atoms with Crippen LogP contribution in [0.1, 0.15) is 10.4 Å². The Morgan fingerprint density at radius 2 is 1.61 bits per heavy atom. The SMILES string of the molecule is O=C(CSc1nnc(-c2cnn(-c3ccccc3)c2-n2cccc2)o1)c1ccccc1. The molecule has 2 aromatic carbocycles. The fraction of sp³-hybridized carbons (Fsp3) is 0.0435. The first-order valence-electron chi connectivity index (χ1n) is 9.61. The van der Waals surface area contributed by atoms with Crippen LogP contribution in [-0.2, 0) is 0 Å². The maximum atomic E-state index is 12.3. The molecule has 0 aliphatic rings. The molecule has 152 valence electrons. The molecule has 8 heteroatoms. The van der Waals surface area contributed by atoms with Gasteiger partial charge in [-0.3, -0.25) is 4.79 Å². The molecule has 0 atom stereocenters. The van der Waals surface area contributed by atoms with Gasteiger partial charge in [-0.25, -0.2) is 4.68 Å². The summed E-state index contributed by atoms with van der Waals surface area (Å²) in [7, 11) is 0. The lowest BCUT2D eigenvalue weighted by molar-refractivity contribution is 0.102. The Hall–Kier alpha value is -3.91. The average molecular weight is 427 g/mol. The van der Waals surface area contributed by atoms with E-state index in [9.17, 15) is 4.79 Å². The zero-order valence-corrected chi connectivity index (χ0v) is 17.1. The summed E-state index contributed by atoms with van der Waals surface area (Å²) in [6.45, 7) is 0. The molecule has 0 aliphatic carbocycles. The van der Waals surface area contributed by atoms with E-state index in [4.69, 9.17) is 4.42 Å². The van der Waals surface area contributed by atoms with Gasteiger partial charge in [-0.15, -0.1) is 10.2 Å². The van der Waals surface area contributed by atoms with Gasteiger partial charge in [0.2, 0.25) is 0 Å². The number of rotatable bonds is 7. The molecular formula is C23H17N5O2S. The Morgan fingerprint density at radius 3 is 2.35 bits per heavy atom. The van der Waals surface area contributed by atoms with E-state index in [1.165, 1.54) is 11.8 Å². The molecule has 0 radical (unpaired) electrons. The Bertz CT molecular complexity index is 1290. The van der Waals surface area contributed by atoms with Gasteiger partial charge in [-0.2, -0.15) is 5.10 Å². The second kappa shape index (κ2) is 8.45. The predicted molar refractivity (Wildman–Crippen MR) is 118 cm³/mol. The molecule has 0 saturated carbocycles. The molecule has 0 aliphatic heterocycles. The van der Waals surface area contributed by atoms with Gasteiger partial charge < -0.3 is 8.98 Å². The Kier molecular flexibility index (Phi) is 5.20. The number of Topliss-reactive ketones (excluding diaryl/α,β-unsaturated/α-hetero) is 1. The second-order valence-electron chi connectivity index (χ2n) is 6.67. The van der Waals surface area contributed by atoms with Gasteiger partial charge in [0, 0.05) is 18.0 Å². The minimum absolute atomic E-state index is 0.00952. The first-order valence-corrected chi connectivity index (χ1v) is 10.6.